The Balaban J connectivity index is 2.35. The molecule has 1 aromatic carbocycles. The average molecular weight is 309 g/mol. The molecule has 2 rings (SSSR count). The maximum atomic E-state index is 12.7. The molecule has 0 aliphatic carbocycles. The van der Waals surface area contributed by atoms with E-state index in [2.05, 4.69) is 5.10 Å². The third kappa shape index (κ3) is 3.49. The molecule has 0 aliphatic rings. The molecule has 0 saturated carbocycles. The minimum atomic E-state index is -3.68. The number of aliphatic hydroxyl groups excluding tert-OH is 1. The molecular weight excluding hydrogens is 290 g/mol. The fraction of sp³-hybridized carbons (Fsp3) is 0.357. The van der Waals surface area contributed by atoms with E-state index in [0.29, 0.717) is 5.69 Å². The minimum absolute atomic E-state index is 0.0472. The second-order valence-electron chi connectivity index (χ2n) is 4.80. The first-order valence-corrected chi connectivity index (χ1v) is 8.04. The topological polar surface area (TPSA) is 75.4 Å². The quantitative estimate of drug-likeness (QED) is 0.860. The Bertz CT molecular complexity index is 696. The molecule has 1 heterocycles. The predicted molar refractivity (Wildman–Crippen MR) is 79.1 cm³/mol. The van der Waals surface area contributed by atoms with Crippen LogP contribution < -0.4 is 0 Å². The molecule has 1 N–H and O–H groups in total. The molecule has 0 bridgehead atoms. The van der Waals surface area contributed by atoms with Gasteiger partial charge in [0.1, 0.15) is 4.90 Å². The summed E-state index contributed by atoms with van der Waals surface area (Å²) in [4.78, 5) is 0.175. The van der Waals surface area contributed by atoms with E-state index in [-0.39, 0.29) is 24.6 Å². The molecule has 0 saturated heterocycles. The van der Waals surface area contributed by atoms with Gasteiger partial charge in [0.25, 0.3) is 0 Å². The molecule has 7 heteroatoms. The standard InChI is InChI=1S/C14H19N3O3S/c1-12-14(11-16(2)15-12)21(19,20)17(8-9-18)10-13-6-4-3-5-7-13/h3-7,11,18H,8-10H2,1-2H3. The number of aryl methyl sites for hydroxylation is 2. The van der Waals surface area contributed by atoms with Crippen LogP contribution in [0.2, 0.25) is 0 Å². The zero-order valence-electron chi connectivity index (χ0n) is 12.1. The number of sulfonamides is 1. The lowest BCUT2D eigenvalue weighted by atomic mass is 10.2. The van der Waals surface area contributed by atoms with Gasteiger partial charge in [-0.3, -0.25) is 4.68 Å². The summed E-state index contributed by atoms with van der Waals surface area (Å²) in [5.41, 5.74) is 1.32. The largest absolute Gasteiger partial charge is 0.395 e. The molecule has 1 aromatic heterocycles. The van der Waals surface area contributed by atoms with E-state index in [9.17, 15) is 13.5 Å². The summed E-state index contributed by atoms with van der Waals surface area (Å²) in [6.07, 6.45) is 1.49. The van der Waals surface area contributed by atoms with Crippen molar-refractivity contribution in [1.29, 1.82) is 0 Å². The molecule has 0 spiro atoms. The van der Waals surface area contributed by atoms with Gasteiger partial charge in [-0.05, 0) is 12.5 Å². The lowest BCUT2D eigenvalue weighted by molar-refractivity contribution is 0.251. The maximum Gasteiger partial charge on any atom is 0.246 e. The van der Waals surface area contributed by atoms with Crippen molar-refractivity contribution in [2.24, 2.45) is 7.05 Å². The molecule has 0 amide bonds. The van der Waals surface area contributed by atoms with Crippen molar-refractivity contribution in [3.63, 3.8) is 0 Å². The van der Waals surface area contributed by atoms with Gasteiger partial charge in [-0.2, -0.15) is 9.40 Å². The van der Waals surface area contributed by atoms with Gasteiger partial charge in [-0.1, -0.05) is 30.3 Å². The molecule has 6 nitrogen and oxygen atoms in total. The van der Waals surface area contributed by atoms with Crippen LogP contribution in [0.25, 0.3) is 0 Å². The maximum absolute atomic E-state index is 12.7. The Morgan fingerprint density at radius 3 is 2.48 bits per heavy atom. The Morgan fingerprint density at radius 1 is 1.29 bits per heavy atom. The smallest absolute Gasteiger partial charge is 0.246 e. The van der Waals surface area contributed by atoms with Crippen LogP contribution in [0.15, 0.2) is 41.4 Å². The number of nitrogens with zero attached hydrogens (tertiary/aromatic N) is 3. The van der Waals surface area contributed by atoms with Crippen LogP contribution in [0.5, 0.6) is 0 Å². The SMILES string of the molecule is Cc1nn(C)cc1S(=O)(=O)N(CCO)Cc1ccccc1. The summed E-state index contributed by atoms with van der Waals surface area (Å²) in [6, 6.07) is 9.30. The summed E-state index contributed by atoms with van der Waals surface area (Å²) in [5, 5.41) is 13.2. The molecule has 0 atom stereocenters. The van der Waals surface area contributed by atoms with E-state index in [1.165, 1.54) is 15.2 Å². The van der Waals surface area contributed by atoms with Gasteiger partial charge in [0.2, 0.25) is 10.0 Å². The van der Waals surface area contributed by atoms with Crippen LogP contribution in [0, 0.1) is 6.92 Å². The third-order valence-electron chi connectivity index (χ3n) is 3.14. The highest BCUT2D eigenvalue weighted by atomic mass is 32.2. The van der Waals surface area contributed by atoms with Gasteiger partial charge >= 0.3 is 0 Å². The fourth-order valence-corrected chi connectivity index (χ4v) is 3.77. The van der Waals surface area contributed by atoms with Crippen molar-refractivity contribution in [3.8, 4) is 0 Å². The number of hydrogen-bond acceptors (Lipinski definition) is 4. The number of benzene rings is 1. The first kappa shape index (κ1) is 15.7. The molecule has 2 aromatic rings. The van der Waals surface area contributed by atoms with E-state index in [1.807, 2.05) is 30.3 Å². The van der Waals surface area contributed by atoms with Crippen LogP contribution in [0.1, 0.15) is 11.3 Å². The normalized spacial score (nSPS) is 12.0. The lowest BCUT2D eigenvalue weighted by Gasteiger charge is -2.21. The Hall–Kier alpha value is -1.70. The fourth-order valence-electron chi connectivity index (χ4n) is 2.15. The van der Waals surface area contributed by atoms with Gasteiger partial charge in [0, 0.05) is 26.3 Å². The Morgan fingerprint density at radius 2 is 1.95 bits per heavy atom. The van der Waals surface area contributed by atoms with Crippen LogP contribution in [0.4, 0.5) is 0 Å². The number of aliphatic hydroxyl groups is 1. The highest BCUT2D eigenvalue weighted by molar-refractivity contribution is 7.89. The summed E-state index contributed by atoms with van der Waals surface area (Å²) < 4.78 is 28.2. The van der Waals surface area contributed by atoms with Crippen LogP contribution in [0.3, 0.4) is 0 Å². The van der Waals surface area contributed by atoms with E-state index in [4.69, 9.17) is 0 Å². The molecule has 0 aliphatic heterocycles. The highest BCUT2D eigenvalue weighted by Crippen LogP contribution is 2.20. The van der Waals surface area contributed by atoms with Gasteiger partial charge in [0.05, 0.1) is 12.3 Å². The van der Waals surface area contributed by atoms with Gasteiger partial charge in [0.15, 0.2) is 0 Å². The zero-order chi connectivity index (χ0) is 15.5. The van der Waals surface area contributed by atoms with E-state index < -0.39 is 10.0 Å². The van der Waals surface area contributed by atoms with E-state index in [0.717, 1.165) is 5.56 Å². The van der Waals surface area contributed by atoms with Crippen molar-refractivity contribution in [2.75, 3.05) is 13.2 Å². The van der Waals surface area contributed by atoms with Gasteiger partial charge < -0.3 is 5.11 Å². The lowest BCUT2D eigenvalue weighted by Crippen LogP contribution is -2.33. The second kappa shape index (κ2) is 6.38. The molecule has 0 fully saturated rings. The summed E-state index contributed by atoms with van der Waals surface area (Å²) in [6.45, 7) is 1.70. The Labute approximate surface area is 124 Å². The summed E-state index contributed by atoms with van der Waals surface area (Å²) >= 11 is 0. The van der Waals surface area contributed by atoms with Crippen molar-refractivity contribution in [1.82, 2.24) is 14.1 Å². The van der Waals surface area contributed by atoms with Crippen molar-refractivity contribution in [2.45, 2.75) is 18.4 Å². The van der Waals surface area contributed by atoms with E-state index >= 15 is 0 Å². The van der Waals surface area contributed by atoms with Crippen molar-refractivity contribution in [3.05, 3.63) is 47.8 Å². The van der Waals surface area contributed by atoms with Crippen LogP contribution >= 0.6 is 0 Å². The minimum Gasteiger partial charge on any atom is -0.395 e. The third-order valence-corrected chi connectivity index (χ3v) is 5.09. The van der Waals surface area contributed by atoms with Crippen molar-refractivity contribution < 1.29 is 13.5 Å². The average Bonchev–Trinajstić information content (AvgIpc) is 2.79. The molecule has 0 radical (unpaired) electrons. The number of rotatable bonds is 6. The predicted octanol–water partition coefficient (Wildman–Crippen LogP) is 0.912. The molecular formula is C14H19N3O3S. The number of hydrogen-bond donors (Lipinski definition) is 1. The van der Waals surface area contributed by atoms with E-state index in [1.54, 1.807) is 14.0 Å². The van der Waals surface area contributed by atoms with Gasteiger partial charge in [-0.15, -0.1) is 0 Å². The monoisotopic (exact) mass is 309 g/mol. The van der Waals surface area contributed by atoms with Crippen LogP contribution in [-0.2, 0) is 23.6 Å². The number of aromatic nitrogens is 2. The Kier molecular flexibility index (Phi) is 4.76. The first-order chi connectivity index (χ1) is 9.95. The van der Waals surface area contributed by atoms with Crippen LogP contribution in [-0.4, -0.2) is 40.8 Å². The zero-order valence-corrected chi connectivity index (χ0v) is 12.9. The second-order valence-corrected chi connectivity index (χ2v) is 6.71. The first-order valence-electron chi connectivity index (χ1n) is 6.60. The van der Waals surface area contributed by atoms with Gasteiger partial charge in [-0.25, -0.2) is 8.42 Å². The summed E-state index contributed by atoms with van der Waals surface area (Å²) in [7, 11) is -2.00. The molecule has 21 heavy (non-hydrogen) atoms. The molecule has 114 valence electrons. The van der Waals surface area contributed by atoms with Crippen molar-refractivity contribution >= 4 is 10.0 Å². The summed E-state index contributed by atoms with van der Waals surface area (Å²) in [5.74, 6) is 0. The molecule has 0 unspecified atom stereocenters. The highest BCUT2D eigenvalue weighted by Gasteiger charge is 2.27.